The average Bonchev–Trinajstić information content (AvgIpc) is 2.75. The number of pyridine rings is 1. The predicted octanol–water partition coefficient (Wildman–Crippen LogP) is 2.55. The van der Waals surface area contributed by atoms with Crippen molar-refractivity contribution in [2.75, 3.05) is 0 Å². The number of hydrogen-bond donors (Lipinski definition) is 1. The molecule has 1 aromatic heterocycles. The highest BCUT2D eigenvalue weighted by Crippen LogP contribution is 2.39. The van der Waals surface area contributed by atoms with Crippen molar-refractivity contribution in [2.24, 2.45) is 5.73 Å². The fourth-order valence-electron chi connectivity index (χ4n) is 3.04. The number of aryl methyl sites for hydroxylation is 1. The van der Waals surface area contributed by atoms with Gasteiger partial charge in [-0.05, 0) is 43.7 Å². The van der Waals surface area contributed by atoms with Gasteiger partial charge in [0.05, 0.1) is 5.69 Å². The molecule has 16 heavy (non-hydrogen) atoms. The summed E-state index contributed by atoms with van der Waals surface area (Å²) in [6.45, 7) is 0. The summed E-state index contributed by atoms with van der Waals surface area (Å²) < 4.78 is 0. The number of hydrogen-bond acceptors (Lipinski definition) is 2. The maximum Gasteiger partial charge on any atom is 0.0506 e. The molecule has 2 unspecified atom stereocenters. The second-order valence-corrected chi connectivity index (χ2v) is 4.94. The third kappa shape index (κ3) is 1.67. The first-order valence-corrected chi connectivity index (χ1v) is 6.24. The molecule has 2 atom stereocenters. The number of nitrogens with two attached hydrogens (primary N) is 1. The molecule has 0 aromatic carbocycles. The number of fused-ring (bicyclic) bond motifs is 1. The highest BCUT2D eigenvalue weighted by molar-refractivity contribution is 5.35. The van der Waals surface area contributed by atoms with E-state index in [9.17, 15) is 0 Å². The van der Waals surface area contributed by atoms with Crippen LogP contribution in [-0.2, 0) is 6.42 Å². The van der Waals surface area contributed by atoms with Crippen LogP contribution in [0.5, 0.6) is 0 Å². The van der Waals surface area contributed by atoms with E-state index in [-0.39, 0.29) is 6.04 Å². The zero-order valence-electron chi connectivity index (χ0n) is 9.52. The van der Waals surface area contributed by atoms with Gasteiger partial charge in [0.25, 0.3) is 0 Å². The van der Waals surface area contributed by atoms with Gasteiger partial charge in [0.15, 0.2) is 0 Å². The smallest absolute Gasteiger partial charge is 0.0506 e. The Balaban J connectivity index is 1.96. The molecule has 2 N–H and O–H groups in total. The van der Waals surface area contributed by atoms with Crippen LogP contribution in [0.2, 0.25) is 0 Å². The molecule has 0 bridgehead atoms. The quantitative estimate of drug-likeness (QED) is 0.730. The lowest BCUT2D eigenvalue weighted by atomic mass is 9.81. The Kier molecular flexibility index (Phi) is 2.52. The third-order valence-electron chi connectivity index (χ3n) is 3.84. The highest BCUT2D eigenvalue weighted by atomic mass is 14.7. The van der Waals surface area contributed by atoms with Crippen LogP contribution in [0, 0.1) is 0 Å². The summed E-state index contributed by atoms with van der Waals surface area (Å²) in [6.07, 6.45) is 10.2. The van der Waals surface area contributed by atoms with Gasteiger partial charge in [0.1, 0.15) is 0 Å². The molecule has 2 nitrogen and oxygen atoms in total. The normalized spacial score (nSPS) is 28.7. The standard InChI is InChI=1S/C14H18N2/c15-12-7-6-11(9-12)13-5-1-3-10-4-2-8-16-14(10)13/h2,4,8-9,12-13H,1,3,5-7,15H2. The molecule has 84 valence electrons. The molecule has 0 fully saturated rings. The first-order chi connectivity index (χ1) is 7.84. The van der Waals surface area contributed by atoms with Crippen LogP contribution in [0.15, 0.2) is 30.0 Å². The van der Waals surface area contributed by atoms with E-state index in [2.05, 4.69) is 23.2 Å². The second kappa shape index (κ2) is 4.02. The lowest BCUT2D eigenvalue weighted by Crippen LogP contribution is -2.13. The molecule has 0 saturated carbocycles. The van der Waals surface area contributed by atoms with Crippen molar-refractivity contribution < 1.29 is 0 Å². The van der Waals surface area contributed by atoms with Crippen LogP contribution < -0.4 is 5.73 Å². The minimum Gasteiger partial charge on any atom is -0.324 e. The van der Waals surface area contributed by atoms with Gasteiger partial charge in [-0.25, -0.2) is 0 Å². The summed E-state index contributed by atoms with van der Waals surface area (Å²) in [5, 5.41) is 0. The second-order valence-electron chi connectivity index (χ2n) is 4.94. The third-order valence-corrected chi connectivity index (χ3v) is 3.84. The molecule has 0 amide bonds. The van der Waals surface area contributed by atoms with Gasteiger partial charge in [-0.3, -0.25) is 4.98 Å². The summed E-state index contributed by atoms with van der Waals surface area (Å²) in [5.41, 5.74) is 10.2. The zero-order valence-corrected chi connectivity index (χ0v) is 9.52. The van der Waals surface area contributed by atoms with E-state index in [1.54, 1.807) is 0 Å². The first kappa shape index (κ1) is 10.0. The largest absolute Gasteiger partial charge is 0.324 e. The average molecular weight is 214 g/mol. The van der Waals surface area contributed by atoms with Gasteiger partial charge >= 0.3 is 0 Å². The Morgan fingerprint density at radius 2 is 2.19 bits per heavy atom. The summed E-state index contributed by atoms with van der Waals surface area (Å²) in [5.74, 6) is 0.554. The Morgan fingerprint density at radius 3 is 3.00 bits per heavy atom. The van der Waals surface area contributed by atoms with Gasteiger partial charge in [-0.2, -0.15) is 0 Å². The summed E-state index contributed by atoms with van der Waals surface area (Å²) in [4.78, 5) is 4.59. The maximum absolute atomic E-state index is 5.95. The van der Waals surface area contributed by atoms with E-state index in [0.717, 1.165) is 6.42 Å². The number of rotatable bonds is 1. The van der Waals surface area contributed by atoms with Crippen molar-refractivity contribution in [3.63, 3.8) is 0 Å². The molecule has 2 aliphatic rings. The Labute approximate surface area is 96.6 Å². The maximum atomic E-state index is 5.95. The highest BCUT2D eigenvalue weighted by Gasteiger charge is 2.27. The first-order valence-electron chi connectivity index (χ1n) is 6.24. The summed E-state index contributed by atoms with van der Waals surface area (Å²) >= 11 is 0. The van der Waals surface area contributed by atoms with E-state index in [0.29, 0.717) is 5.92 Å². The van der Waals surface area contributed by atoms with Gasteiger partial charge in [0, 0.05) is 18.2 Å². The van der Waals surface area contributed by atoms with Crippen LogP contribution in [0.1, 0.15) is 42.9 Å². The van der Waals surface area contributed by atoms with Crippen molar-refractivity contribution in [1.82, 2.24) is 4.98 Å². The molecule has 0 radical (unpaired) electrons. The van der Waals surface area contributed by atoms with Gasteiger partial charge < -0.3 is 5.73 Å². The van der Waals surface area contributed by atoms with E-state index >= 15 is 0 Å². The van der Waals surface area contributed by atoms with Crippen LogP contribution in [0.3, 0.4) is 0 Å². The van der Waals surface area contributed by atoms with E-state index in [1.807, 2.05) is 6.20 Å². The molecule has 1 aromatic rings. The van der Waals surface area contributed by atoms with Crippen LogP contribution in [0.25, 0.3) is 0 Å². The van der Waals surface area contributed by atoms with E-state index < -0.39 is 0 Å². The lowest BCUT2D eigenvalue weighted by Gasteiger charge is -2.25. The molecule has 3 rings (SSSR count). The zero-order chi connectivity index (χ0) is 11.0. The molecular formula is C14H18N2. The van der Waals surface area contributed by atoms with Crippen LogP contribution in [-0.4, -0.2) is 11.0 Å². The molecular weight excluding hydrogens is 196 g/mol. The van der Waals surface area contributed by atoms with Crippen molar-refractivity contribution in [3.8, 4) is 0 Å². The van der Waals surface area contributed by atoms with Gasteiger partial charge in [0.2, 0.25) is 0 Å². The van der Waals surface area contributed by atoms with Crippen molar-refractivity contribution in [2.45, 2.75) is 44.1 Å². The molecule has 2 heteroatoms. The summed E-state index contributed by atoms with van der Waals surface area (Å²) in [7, 11) is 0. The van der Waals surface area contributed by atoms with Crippen molar-refractivity contribution in [3.05, 3.63) is 41.2 Å². The number of allylic oxidation sites excluding steroid dienone is 1. The van der Waals surface area contributed by atoms with Crippen LogP contribution >= 0.6 is 0 Å². The number of nitrogens with zero attached hydrogens (tertiary/aromatic N) is 1. The molecule has 0 aliphatic heterocycles. The fourth-order valence-corrected chi connectivity index (χ4v) is 3.04. The van der Waals surface area contributed by atoms with Crippen LogP contribution in [0.4, 0.5) is 0 Å². The minimum atomic E-state index is 0.282. The van der Waals surface area contributed by atoms with Crippen molar-refractivity contribution >= 4 is 0 Å². The molecule has 1 heterocycles. The van der Waals surface area contributed by atoms with E-state index in [4.69, 9.17) is 5.73 Å². The lowest BCUT2D eigenvalue weighted by molar-refractivity contribution is 0.579. The molecule has 0 saturated heterocycles. The van der Waals surface area contributed by atoms with E-state index in [1.165, 1.54) is 42.5 Å². The Morgan fingerprint density at radius 1 is 1.25 bits per heavy atom. The minimum absolute atomic E-state index is 0.282. The molecule has 2 aliphatic carbocycles. The SMILES string of the molecule is NC1C=C(C2CCCc3cccnc32)CC1. The topological polar surface area (TPSA) is 38.9 Å². The summed E-state index contributed by atoms with van der Waals surface area (Å²) in [6, 6.07) is 4.56. The predicted molar refractivity (Wildman–Crippen MR) is 65.2 cm³/mol. The monoisotopic (exact) mass is 214 g/mol. The fraction of sp³-hybridized carbons (Fsp3) is 0.500. The Hall–Kier alpha value is -1.15. The van der Waals surface area contributed by atoms with Crippen molar-refractivity contribution in [1.29, 1.82) is 0 Å². The number of aromatic nitrogens is 1. The van der Waals surface area contributed by atoms with Gasteiger partial charge in [-0.1, -0.05) is 17.7 Å². The Bertz CT molecular complexity index is 422. The van der Waals surface area contributed by atoms with Gasteiger partial charge in [-0.15, -0.1) is 0 Å². The molecule has 0 spiro atoms.